The summed E-state index contributed by atoms with van der Waals surface area (Å²) in [5.74, 6) is 0.407. The standard InChI is InChI=1S/C19H19ClN4O2/c1-13(15-4-2-3-14(9-15)11-21)23-18-17(20)10-16(12-22-18)19(25)24-5-7-26-8-6-24/h2-4,9-10,12-13H,5-8H2,1H3,(H,22,23). The van der Waals surface area contributed by atoms with Crippen molar-refractivity contribution in [3.8, 4) is 6.07 Å². The largest absolute Gasteiger partial charge is 0.378 e. The van der Waals surface area contributed by atoms with Gasteiger partial charge in [-0.3, -0.25) is 4.79 Å². The van der Waals surface area contributed by atoms with E-state index in [0.29, 0.717) is 48.3 Å². The topological polar surface area (TPSA) is 78.2 Å². The van der Waals surface area contributed by atoms with E-state index in [1.54, 1.807) is 17.0 Å². The highest BCUT2D eigenvalue weighted by atomic mass is 35.5. The van der Waals surface area contributed by atoms with E-state index < -0.39 is 0 Å². The molecule has 0 bridgehead atoms. The van der Waals surface area contributed by atoms with E-state index in [4.69, 9.17) is 21.6 Å². The third-order valence-electron chi connectivity index (χ3n) is 4.26. The number of hydrogen-bond donors (Lipinski definition) is 1. The van der Waals surface area contributed by atoms with Gasteiger partial charge in [0.1, 0.15) is 5.82 Å². The lowest BCUT2D eigenvalue weighted by Gasteiger charge is -2.27. The fourth-order valence-electron chi connectivity index (χ4n) is 2.78. The quantitative estimate of drug-likeness (QED) is 0.893. The number of carbonyl (C=O) groups excluding carboxylic acids is 1. The second-order valence-corrected chi connectivity index (χ2v) is 6.47. The number of hydrogen-bond acceptors (Lipinski definition) is 5. The molecule has 2 heterocycles. The zero-order chi connectivity index (χ0) is 18.5. The third kappa shape index (κ3) is 4.13. The number of pyridine rings is 1. The summed E-state index contributed by atoms with van der Waals surface area (Å²) in [6.07, 6.45) is 1.53. The van der Waals surface area contributed by atoms with Crippen LogP contribution in [0.15, 0.2) is 36.5 Å². The van der Waals surface area contributed by atoms with Gasteiger partial charge in [0, 0.05) is 19.3 Å². The van der Waals surface area contributed by atoms with Gasteiger partial charge in [-0.2, -0.15) is 5.26 Å². The van der Waals surface area contributed by atoms with Crippen LogP contribution in [0.25, 0.3) is 0 Å². The monoisotopic (exact) mass is 370 g/mol. The minimum atomic E-state index is -0.0935. The summed E-state index contributed by atoms with van der Waals surface area (Å²) < 4.78 is 5.27. The maximum Gasteiger partial charge on any atom is 0.255 e. The van der Waals surface area contributed by atoms with Crippen LogP contribution in [-0.4, -0.2) is 42.1 Å². The van der Waals surface area contributed by atoms with Gasteiger partial charge in [-0.1, -0.05) is 23.7 Å². The Morgan fingerprint density at radius 2 is 2.15 bits per heavy atom. The van der Waals surface area contributed by atoms with E-state index in [2.05, 4.69) is 16.4 Å². The van der Waals surface area contributed by atoms with Crippen molar-refractivity contribution in [2.24, 2.45) is 0 Å². The van der Waals surface area contributed by atoms with Gasteiger partial charge in [0.05, 0.1) is 41.5 Å². The summed E-state index contributed by atoms with van der Waals surface area (Å²) in [6, 6.07) is 11.0. The maximum absolute atomic E-state index is 12.5. The summed E-state index contributed by atoms with van der Waals surface area (Å²) in [7, 11) is 0. The number of nitrogens with one attached hydrogen (secondary N) is 1. The summed E-state index contributed by atoms with van der Waals surface area (Å²) in [5, 5.41) is 12.6. The van der Waals surface area contributed by atoms with E-state index in [1.807, 2.05) is 25.1 Å². The zero-order valence-electron chi connectivity index (χ0n) is 14.4. The molecule has 1 aliphatic heterocycles. The predicted octanol–water partition coefficient (Wildman–Crippen LogP) is 3.25. The number of nitriles is 1. The molecule has 1 saturated heterocycles. The average molecular weight is 371 g/mol. The Kier molecular flexibility index (Phi) is 5.71. The van der Waals surface area contributed by atoms with E-state index >= 15 is 0 Å². The van der Waals surface area contributed by atoms with Crippen LogP contribution >= 0.6 is 11.6 Å². The van der Waals surface area contributed by atoms with Crippen molar-refractivity contribution in [3.63, 3.8) is 0 Å². The first-order chi connectivity index (χ1) is 12.6. The number of carbonyl (C=O) groups is 1. The van der Waals surface area contributed by atoms with Gasteiger partial charge < -0.3 is 15.0 Å². The number of ether oxygens (including phenoxy) is 1. The minimum Gasteiger partial charge on any atom is -0.378 e. The van der Waals surface area contributed by atoms with Crippen LogP contribution in [0, 0.1) is 11.3 Å². The van der Waals surface area contributed by atoms with Crippen LogP contribution in [-0.2, 0) is 4.74 Å². The van der Waals surface area contributed by atoms with Crippen molar-refractivity contribution in [1.82, 2.24) is 9.88 Å². The van der Waals surface area contributed by atoms with Crippen LogP contribution in [0.3, 0.4) is 0 Å². The number of rotatable bonds is 4. The molecule has 134 valence electrons. The Balaban J connectivity index is 1.73. The highest BCUT2D eigenvalue weighted by molar-refractivity contribution is 6.33. The summed E-state index contributed by atoms with van der Waals surface area (Å²) >= 11 is 6.33. The van der Waals surface area contributed by atoms with Crippen LogP contribution in [0.2, 0.25) is 5.02 Å². The number of nitrogens with zero attached hydrogens (tertiary/aromatic N) is 3. The van der Waals surface area contributed by atoms with Crippen molar-refractivity contribution in [1.29, 1.82) is 5.26 Å². The SMILES string of the molecule is CC(Nc1ncc(C(=O)N2CCOCC2)cc1Cl)c1cccc(C#N)c1. The molecule has 6 nitrogen and oxygen atoms in total. The molecule has 1 unspecified atom stereocenters. The van der Waals surface area contributed by atoms with Gasteiger partial charge >= 0.3 is 0 Å². The fourth-order valence-corrected chi connectivity index (χ4v) is 3.00. The molecule has 7 heteroatoms. The lowest BCUT2D eigenvalue weighted by Crippen LogP contribution is -2.40. The van der Waals surface area contributed by atoms with Crippen molar-refractivity contribution in [3.05, 3.63) is 58.2 Å². The van der Waals surface area contributed by atoms with Gasteiger partial charge in [0.25, 0.3) is 5.91 Å². The number of benzene rings is 1. The Labute approximate surface area is 157 Å². The molecule has 0 aliphatic carbocycles. The second-order valence-electron chi connectivity index (χ2n) is 6.06. The summed E-state index contributed by atoms with van der Waals surface area (Å²) in [6.45, 7) is 4.20. The van der Waals surface area contributed by atoms with Crippen molar-refractivity contribution in [2.45, 2.75) is 13.0 Å². The molecule has 1 aromatic heterocycles. The summed E-state index contributed by atoms with van der Waals surface area (Å²) in [4.78, 5) is 18.5. The van der Waals surface area contributed by atoms with Crippen molar-refractivity contribution in [2.75, 3.05) is 31.6 Å². The van der Waals surface area contributed by atoms with Gasteiger partial charge in [-0.05, 0) is 30.7 Å². The Morgan fingerprint density at radius 1 is 1.38 bits per heavy atom. The second kappa shape index (κ2) is 8.17. The van der Waals surface area contributed by atoms with Gasteiger partial charge in [0.2, 0.25) is 0 Å². The van der Waals surface area contributed by atoms with E-state index in [0.717, 1.165) is 5.56 Å². The molecule has 0 radical (unpaired) electrons. The summed E-state index contributed by atoms with van der Waals surface area (Å²) in [5.41, 5.74) is 2.01. The number of morpholine rings is 1. The van der Waals surface area contributed by atoms with Crippen LogP contribution in [0.5, 0.6) is 0 Å². The first kappa shape index (κ1) is 18.2. The lowest BCUT2D eigenvalue weighted by molar-refractivity contribution is 0.0302. The fraction of sp³-hybridized carbons (Fsp3) is 0.316. The first-order valence-corrected chi connectivity index (χ1v) is 8.75. The normalized spacial score (nSPS) is 15.2. The molecule has 1 aromatic carbocycles. The highest BCUT2D eigenvalue weighted by Gasteiger charge is 2.20. The van der Waals surface area contributed by atoms with Gasteiger partial charge in [0.15, 0.2) is 0 Å². The zero-order valence-corrected chi connectivity index (χ0v) is 15.2. The van der Waals surface area contributed by atoms with Gasteiger partial charge in [-0.25, -0.2) is 4.98 Å². The van der Waals surface area contributed by atoms with Crippen LogP contribution in [0.4, 0.5) is 5.82 Å². The lowest BCUT2D eigenvalue weighted by atomic mass is 10.1. The molecule has 1 aliphatic rings. The van der Waals surface area contributed by atoms with E-state index in [1.165, 1.54) is 6.20 Å². The Hall–Kier alpha value is -2.62. The molecule has 2 aromatic rings. The Bertz CT molecular complexity index is 844. The molecule has 1 atom stereocenters. The molecule has 26 heavy (non-hydrogen) atoms. The number of anilines is 1. The molecular formula is C19H19ClN4O2. The minimum absolute atomic E-state index is 0.0888. The van der Waals surface area contributed by atoms with E-state index in [9.17, 15) is 4.79 Å². The van der Waals surface area contributed by atoms with Crippen LogP contribution < -0.4 is 5.32 Å². The first-order valence-electron chi connectivity index (χ1n) is 8.37. The van der Waals surface area contributed by atoms with Gasteiger partial charge in [-0.15, -0.1) is 0 Å². The average Bonchev–Trinajstić information content (AvgIpc) is 2.69. The smallest absolute Gasteiger partial charge is 0.255 e. The van der Waals surface area contributed by atoms with E-state index in [-0.39, 0.29) is 11.9 Å². The molecule has 3 rings (SSSR count). The Morgan fingerprint density at radius 3 is 2.85 bits per heavy atom. The van der Waals surface area contributed by atoms with Crippen molar-refractivity contribution < 1.29 is 9.53 Å². The third-order valence-corrected chi connectivity index (χ3v) is 4.54. The maximum atomic E-state index is 12.5. The predicted molar refractivity (Wildman–Crippen MR) is 99.2 cm³/mol. The molecule has 0 spiro atoms. The number of halogens is 1. The number of aromatic nitrogens is 1. The molecule has 0 saturated carbocycles. The molecular weight excluding hydrogens is 352 g/mol. The molecule has 1 N–H and O–H groups in total. The highest BCUT2D eigenvalue weighted by Crippen LogP contribution is 2.26. The van der Waals surface area contributed by atoms with Crippen molar-refractivity contribution >= 4 is 23.3 Å². The van der Waals surface area contributed by atoms with Crippen LogP contribution in [0.1, 0.15) is 34.5 Å². The molecule has 1 amide bonds. The molecule has 1 fully saturated rings. The number of amides is 1.